The predicted octanol–water partition coefficient (Wildman–Crippen LogP) is 3.29. The lowest BCUT2D eigenvalue weighted by atomic mass is 10.2. The maximum Gasteiger partial charge on any atom is 0.284 e. The van der Waals surface area contributed by atoms with E-state index in [1.165, 1.54) is 48.4 Å². The van der Waals surface area contributed by atoms with Gasteiger partial charge in [0.05, 0.1) is 14.7 Å². The van der Waals surface area contributed by atoms with Gasteiger partial charge in [-0.2, -0.15) is 8.42 Å². The molecule has 11 heteroatoms. The van der Waals surface area contributed by atoms with Crippen LogP contribution in [0.3, 0.4) is 0 Å². The molecule has 1 aliphatic rings. The molecule has 0 aromatic heterocycles. The number of carbonyl (C=O) groups is 1. The lowest BCUT2D eigenvalue weighted by Gasteiger charge is -2.15. The number of sulfonamides is 1. The lowest BCUT2D eigenvalue weighted by molar-refractivity contribution is -0.384. The summed E-state index contributed by atoms with van der Waals surface area (Å²) in [7, 11) is -2.47. The predicted molar refractivity (Wildman–Crippen MR) is 118 cm³/mol. The number of nitro groups is 1. The van der Waals surface area contributed by atoms with Crippen molar-refractivity contribution in [2.75, 3.05) is 20.3 Å². The molecule has 0 aliphatic carbocycles. The zero-order valence-electron chi connectivity index (χ0n) is 16.5. The minimum absolute atomic E-state index is 0.0280. The van der Waals surface area contributed by atoms with Gasteiger partial charge in [-0.3, -0.25) is 19.8 Å². The van der Waals surface area contributed by atoms with E-state index >= 15 is 0 Å². The summed E-state index contributed by atoms with van der Waals surface area (Å²) in [6.45, 7) is 0.634. The van der Waals surface area contributed by atoms with Crippen LogP contribution in [0, 0.1) is 10.1 Å². The summed E-state index contributed by atoms with van der Waals surface area (Å²) in [6.07, 6.45) is 2.05. The molecule has 3 rings (SSSR count). The number of rotatable bonds is 8. The Bertz CT molecular complexity index is 1130. The highest BCUT2D eigenvalue weighted by Gasteiger charge is 2.34. The van der Waals surface area contributed by atoms with Gasteiger partial charge in [0.1, 0.15) is 0 Å². The Kier molecular flexibility index (Phi) is 7.21. The van der Waals surface area contributed by atoms with Gasteiger partial charge in [-0.1, -0.05) is 18.2 Å². The average molecular weight is 462 g/mol. The number of amidine groups is 1. The Morgan fingerprint density at radius 2 is 1.84 bits per heavy atom. The number of methoxy groups -OCH3 is 1. The highest BCUT2D eigenvalue weighted by Crippen LogP contribution is 2.34. The molecule has 0 bridgehead atoms. The molecule has 1 aliphatic heterocycles. The number of benzene rings is 2. The Labute approximate surface area is 183 Å². The van der Waals surface area contributed by atoms with Crippen LogP contribution in [-0.2, 0) is 19.6 Å². The Morgan fingerprint density at radius 1 is 1.16 bits per heavy atom. The Balaban J connectivity index is 1.94. The molecule has 31 heavy (non-hydrogen) atoms. The summed E-state index contributed by atoms with van der Waals surface area (Å²) in [5.74, 6) is -0.388. The SMILES string of the molecule is COCCCN1C(=O)/C(=C/c2ccc([N+](=O)[O-])cc2)SC1=NS(=O)(=O)c1ccccc1. The number of carbonyl (C=O) groups excluding carboxylic acids is 1. The van der Waals surface area contributed by atoms with Gasteiger partial charge in [0.2, 0.25) is 0 Å². The number of amides is 1. The first kappa shape index (κ1) is 22.7. The number of non-ortho nitro benzene ring substituents is 1. The van der Waals surface area contributed by atoms with E-state index in [2.05, 4.69) is 4.40 Å². The monoisotopic (exact) mass is 461 g/mol. The molecule has 9 nitrogen and oxygen atoms in total. The smallest absolute Gasteiger partial charge is 0.284 e. The van der Waals surface area contributed by atoms with Gasteiger partial charge >= 0.3 is 0 Å². The van der Waals surface area contributed by atoms with Crippen molar-refractivity contribution in [3.8, 4) is 0 Å². The fourth-order valence-electron chi connectivity index (χ4n) is 2.73. The van der Waals surface area contributed by atoms with Gasteiger partial charge in [0.15, 0.2) is 5.17 Å². The molecular formula is C20H19N3O6S2. The lowest BCUT2D eigenvalue weighted by Crippen LogP contribution is -2.31. The summed E-state index contributed by atoms with van der Waals surface area (Å²) in [6, 6.07) is 13.5. The average Bonchev–Trinajstić information content (AvgIpc) is 3.03. The first-order valence-electron chi connectivity index (χ1n) is 9.16. The maximum absolute atomic E-state index is 12.9. The standard InChI is InChI=1S/C20H19N3O6S2/c1-29-13-5-12-22-19(24)18(14-15-8-10-16(11-9-15)23(25)26)30-20(22)21-31(27,28)17-6-3-2-4-7-17/h2-4,6-11,14H,5,12-13H2,1H3/b18-14-,21-20?. The zero-order valence-corrected chi connectivity index (χ0v) is 18.1. The molecule has 0 atom stereocenters. The van der Waals surface area contributed by atoms with Gasteiger partial charge in [-0.25, -0.2) is 0 Å². The Hall–Kier alpha value is -3.02. The van der Waals surface area contributed by atoms with Crippen LogP contribution < -0.4 is 0 Å². The van der Waals surface area contributed by atoms with Gasteiger partial charge in [-0.05, 0) is 54.1 Å². The van der Waals surface area contributed by atoms with Crippen LogP contribution in [0.1, 0.15) is 12.0 Å². The highest BCUT2D eigenvalue weighted by molar-refractivity contribution is 8.19. The van der Waals surface area contributed by atoms with Crippen molar-refractivity contribution < 1.29 is 22.9 Å². The molecule has 1 amide bonds. The van der Waals surface area contributed by atoms with Crippen molar-refractivity contribution in [3.63, 3.8) is 0 Å². The normalized spacial score (nSPS) is 16.9. The van der Waals surface area contributed by atoms with E-state index in [4.69, 9.17) is 4.74 Å². The second kappa shape index (κ2) is 9.86. The Morgan fingerprint density at radius 3 is 2.45 bits per heavy atom. The maximum atomic E-state index is 12.9. The molecule has 2 aromatic carbocycles. The van der Waals surface area contributed by atoms with Gasteiger partial charge in [0.25, 0.3) is 21.6 Å². The highest BCUT2D eigenvalue weighted by atomic mass is 32.2. The molecule has 1 heterocycles. The fourth-order valence-corrected chi connectivity index (χ4v) is 4.96. The van der Waals surface area contributed by atoms with Crippen molar-refractivity contribution >= 4 is 44.6 Å². The second-order valence-electron chi connectivity index (χ2n) is 6.42. The number of thioether (sulfide) groups is 1. The van der Waals surface area contributed by atoms with Crippen LogP contribution in [0.15, 0.2) is 68.8 Å². The molecule has 162 valence electrons. The number of nitro benzene ring substituents is 1. The second-order valence-corrected chi connectivity index (χ2v) is 9.04. The molecule has 0 radical (unpaired) electrons. The third-order valence-electron chi connectivity index (χ3n) is 4.26. The zero-order chi connectivity index (χ0) is 22.4. The molecule has 0 unspecified atom stereocenters. The van der Waals surface area contributed by atoms with E-state index in [9.17, 15) is 23.3 Å². The van der Waals surface area contributed by atoms with Gasteiger partial charge in [0, 0.05) is 32.4 Å². The largest absolute Gasteiger partial charge is 0.385 e. The van der Waals surface area contributed by atoms with Crippen molar-refractivity contribution in [2.24, 2.45) is 4.40 Å². The van der Waals surface area contributed by atoms with Gasteiger partial charge < -0.3 is 4.74 Å². The molecule has 0 saturated carbocycles. The van der Waals surface area contributed by atoms with Crippen LogP contribution in [0.2, 0.25) is 0 Å². The van der Waals surface area contributed by atoms with Crippen LogP contribution in [-0.4, -0.2) is 49.6 Å². The van der Waals surface area contributed by atoms with Crippen LogP contribution in [0.25, 0.3) is 6.08 Å². The summed E-state index contributed by atoms with van der Waals surface area (Å²) in [5, 5.41) is 10.9. The van der Waals surface area contributed by atoms with Crippen LogP contribution in [0.4, 0.5) is 5.69 Å². The number of ether oxygens (including phenoxy) is 1. The topological polar surface area (TPSA) is 119 Å². The van der Waals surface area contributed by atoms with Crippen LogP contribution >= 0.6 is 11.8 Å². The van der Waals surface area contributed by atoms with E-state index in [1.807, 2.05) is 0 Å². The fraction of sp³-hybridized carbons (Fsp3) is 0.200. The first-order valence-corrected chi connectivity index (χ1v) is 11.4. The number of nitrogens with zero attached hydrogens (tertiary/aromatic N) is 3. The summed E-state index contributed by atoms with van der Waals surface area (Å²) in [4.78, 5) is 24.8. The minimum atomic E-state index is -4.00. The number of hydrogen-bond donors (Lipinski definition) is 0. The van der Waals surface area contributed by atoms with Gasteiger partial charge in [-0.15, -0.1) is 4.40 Å². The molecular weight excluding hydrogens is 442 g/mol. The van der Waals surface area contributed by atoms with Crippen LogP contribution in [0.5, 0.6) is 0 Å². The van der Waals surface area contributed by atoms with E-state index in [0.717, 1.165) is 11.8 Å². The third kappa shape index (κ3) is 5.57. The number of hydrogen-bond acceptors (Lipinski definition) is 7. The molecule has 1 fully saturated rings. The van der Waals surface area contributed by atoms with Crippen molar-refractivity contribution in [2.45, 2.75) is 11.3 Å². The molecule has 0 spiro atoms. The third-order valence-corrected chi connectivity index (χ3v) is 6.66. The molecule has 2 aromatic rings. The van der Waals surface area contributed by atoms with E-state index in [-0.39, 0.29) is 33.1 Å². The van der Waals surface area contributed by atoms with Crippen molar-refractivity contribution in [1.29, 1.82) is 0 Å². The summed E-state index contributed by atoms with van der Waals surface area (Å²) >= 11 is 0.945. The van der Waals surface area contributed by atoms with Crippen molar-refractivity contribution in [1.82, 2.24) is 4.90 Å². The van der Waals surface area contributed by atoms with E-state index < -0.39 is 14.9 Å². The van der Waals surface area contributed by atoms with E-state index in [1.54, 1.807) is 24.3 Å². The first-order chi connectivity index (χ1) is 14.8. The summed E-state index contributed by atoms with van der Waals surface area (Å²) < 4.78 is 34.3. The summed E-state index contributed by atoms with van der Waals surface area (Å²) in [5.41, 5.74) is 0.510. The minimum Gasteiger partial charge on any atom is -0.385 e. The molecule has 1 saturated heterocycles. The quantitative estimate of drug-likeness (QED) is 0.256. The van der Waals surface area contributed by atoms with E-state index in [0.29, 0.717) is 18.6 Å². The van der Waals surface area contributed by atoms with Crippen molar-refractivity contribution in [3.05, 3.63) is 75.2 Å². The molecule has 0 N–H and O–H groups in total.